The van der Waals surface area contributed by atoms with Gasteiger partial charge in [-0.05, 0) is 18.2 Å². The van der Waals surface area contributed by atoms with Crippen LogP contribution in [0.2, 0.25) is 0 Å². The van der Waals surface area contributed by atoms with Gasteiger partial charge in [0.1, 0.15) is 18.5 Å². The second kappa shape index (κ2) is 6.81. The summed E-state index contributed by atoms with van der Waals surface area (Å²) < 4.78 is 39.2. The Morgan fingerprint density at radius 1 is 1.35 bits per heavy atom. The Morgan fingerprint density at radius 2 is 2.04 bits per heavy atom. The zero-order chi connectivity index (χ0) is 18.9. The molecule has 1 aliphatic heterocycles. The minimum absolute atomic E-state index is 0.138. The maximum Gasteiger partial charge on any atom is 0.351 e. The number of rotatable bonds is 4. The second-order valence-corrected chi connectivity index (χ2v) is 5.65. The third kappa shape index (κ3) is 3.28. The molecule has 138 valence electrons. The molecule has 1 fully saturated rings. The number of nitrogens with zero attached hydrogens (tertiary/aromatic N) is 2. The standard InChI is InChI=1S/C16H15F2N3O5/c17-16(18)12(22)10(8-25-13(23)9-4-2-1-3-5-9)26-14(16)21-7-6-11(19)20-15(21)24/h1-7,10,12,14,22H,8H2,(H2,19,20,24)/t10-,12+,14-/m1/s1. The molecule has 0 amide bonds. The average Bonchev–Trinajstić information content (AvgIpc) is 2.84. The number of ether oxygens (including phenoxy) is 2. The van der Waals surface area contributed by atoms with Crippen molar-refractivity contribution in [2.45, 2.75) is 24.4 Å². The molecule has 26 heavy (non-hydrogen) atoms. The van der Waals surface area contributed by atoms with E-state index in [1.807, 2.05) is 0 Å². The number of aliphatic hydroxyl groups excluding tert-OH is 1. The van der Waals surface area contributed by atoms with Crippen LogP contribution < -0.4 is 11.4 Å². The summed E-state index contributed by atoms with van der Waals surface area (Å²) in [6.07, 6.45) is -4.90. The van der Waals surface area contributed by atoms with Gasteiger partial charge in [-0.1, -0.05) is 18.2 Å². The molecule has 1 aromatic heterocycles. The van der Waals surface area contributed by atoms with Crippen molar-refractivity contribution in [3.8, 4) is 0 Å². The largest absolute Gasteiger partial charge is 0.459 e. The summed E-state index contributed by atoms with van der Waals surface area (Å²) in [4.78, 5) is 27.0. The molecule has 1 saturated heterocycles. The Balaban J connectivity index is 1.74. The van der Waals surface area contributed by atoms with Gasteiger partial charge in [0.15, 0.2) is 6.10 Å². The van der Waals surface area contributed by atoms with E-state index in [1.165, 1.54) is 12.1 Å². The van der Waals surface area contributed by atoms with Gasteiger partial charge in [0.2, 0.25) is 6.23 Å². The first-order valence-electron chi connectivity index (χ1n) is 7.59. The van der Waals surface area contributed by atoms with E-state index in [2.05, 4.69) is 4.98 Å². The predicted molar refractivity (Wildman–Crippen MR) is 84.5 cm³/mol. The van der Waals surface area contributed by atoms with Crippen molar-refractivity contribution in [3.63, 3.8) is 0 Å². The van der Waals surface area contributed by atoms with Gasteiger partial charge in [0.05, 0.1) is 5.56 Å². The van der Waals surface area contributed by atoms with Crippen molar-refractivity contribution >= 4 is 11.8 Å². The first-order chi connectivity index (χ1) is 12.3. The number of halogens is 2. The summed E-state index contributed by atoms with van der Waals surface area (Å²) in [6, 6.07) is 9.06. The summed E-state index contributed by atoms with van der Waals surface area (Å²) in [5.74, 6) is -4.69. The van der Waals surface area contributed by atoms with Crippen LogP contribution in [0.3, 0.4) is 0 Å². The number of hydrogen-bond donors (Lipinski definition) is 2. The Bertz CT molecular complexity index is 858. The van der Waals surface area contributed by atoms with Crippen molar-refractivity contribution in [2.75, 3.05) is 12.3 Å². The van der Waals surface area contributed by atoms with Crippen LogP contribution >= 0.6 is 0 Å². The number of alkyl halides is 2. The van der Waals surface area contributed by atoms with Crippen molar-refractivity contribution < 1.29 is 28.2 Å². The minimum atomic E-state index is -3.80. The van der Waals surface area contributed by atoms with Crippen molar-refractivity contribution in [2.24, 2.45) is 0 Å². The molecule has 0 aliphatic carbocycles. The highest BCUT2D eigenvalue weighted by molar-refractivity contribution is 5.89. The van der Waals surface area contributed by atoms with Gasteiger partial charge in [0.25, 0.3) is 0 Å². The van der Waals surface area contributed by atoms with Crippen molar-refractivity contribution in [1.82, 2.24) is 9.55 Å². The molecule has 3 rings (SSSR count). The Labute approximate surface area is 145 Å². The first-order valence-corrected chi connectivity index (χ1v) is 7.59. The molecule has 8 nitrogen and oxygen atoms in total. The molecule has 3 atom stereocenters. The number of aliphatic hydroxyl groups is 1. The Morgan fingerprint density at radius 3 is 2.69 bits per heavy atom. The number of benzene rings is 1. The SMILES string of the molecule is Nc1ccn([C@@H]2O[C@H](COC(=O)c3ccccc3)[C@H](O)C2(F)F)c(=O)n1. The Kier molecular flexibility index (Phi) is 4.70. The lowest BCUT2D eigenvalue weighted by atomic mass is 10.1. The topological polar surface area (TPSA) is 117 Å². The lowest BCUT2D eigenvalue weighted by Crippen LogP contribution is -2.42. The highest BCUT2D eigenvalue weighted by atomic mass is 19.3. The highest BCUT2D eigenvalue weighted by Crippen LogP contribution is 2.42. The highest BCUT2D eigenvalue weighted by Gasteiger charge is 2.60. The molecular weight excluding hydrogens is 352 g/mol. The maximum atomic E-state index is 14.3. The van der Waals surface area contributed by atoms with E-state index in [0.717, 1.165) is 12.3 Å². The third-order valence-corrected chi connectivity index (χ3v) is 3.87. The number of aromatic nitrogens is 2. The van der Waals surface area contributed by atoms with Gasteiger partial charge < -0.3 is 20.3 Å². The maximum absolute atomic E-state index is 14.3. The second-order valence-electron chi connectivity index (χ2n) is 5.65. The van der Waals surface area contributed by atoms with E-state index in [4.69, 9.17) is 15.2 Å². The van der Waals surface area contributed by atoms with Gasteiger partial charge in [-0.2, -0.15) is 13.8 Å². The van der Waals surface area contributed by atoms with Crippen LogP contribution in [0.5, 0.6) is 0 Å². The molecule has 2 heterocycles. The molecule has 0 spiro atoms. The molecule has 0 unspecified atom stereocenters. The molecule has 0 bridgehead atoms. The normalized spacial score (nSPS) is 24.3. The smallest absolute Gasteiger partial charge is 0.351 e. The first kappa shape index (κ1) is 18.0. The van der Waals surface area contributed by atoms with Gasteiger partial charge in [0, 0.05) is 6.20 Å². The van der Waals surface area contributed by atoms with E-state index in [0.29, 0.717) is 4.57 Å². The summed E-state index contributed by atoms with van der Waals surface area (Å²) in [6.45, 7) is -0.613. The van der Waals surface area contributed by atoms with E-state index >= 15 is 0 Å². The van der Waals surface area contributed by atoms with Crippen LogP contribution in [-0.4, -0.2) is 45.4 Å². The molecule has 1 aliphatic rings. The van der Waals surface area contributed by atoms with Crippen LogP contribution in [0, 0.1) is 0 Å². The van der Waals surface area contributed by atoms with E-state index in [1.54, 1.807) is 18.2 Å². The van der Waals surface area contributed by atoms with Gasteiger partial charge in [-0.3, -0.25) is 4.57 Å². The molecule has 0 radical (unpaired) electrons. The van der Waals surface area contributed by atoms with Crippen LogP contribution in [0.15, 0.2) is 47.4 Å². The summed E-state index contributed by atoms with van der Waals surface area (Å²) >= 11 is 0. The lowest BCUT2D eigenvalue weighted by molar-refractivity contribution is -0.141. The van der Waals surface area contributed by atoms with Crippen LogP contribution in [0.25, 0.3) is 0 Å². The van der Waals surface area contributed by atoms with Gasteiger partial charge >= 0.3 is 17.6 Å². The van der Waals surface area contributed by atoms with Crippen LogP contribution in [0.1, 0.15) is 16.6 Å². The fourth-order valence-electron chi connectivity index (χ4n) is 2.53. The van der Waals surface area contributed by atoms with Crippen LogP contribution in [-0.2, 0) is 9.47 Å². The van der Waals surface area contributed by atoms with Crippen LogP contribution in [0.4, 0.5) is 14.6 Å². The number of esters is 1. The summed E-state index contributed by atoms with van der Waals surface area (Å²) in [5, 5.41) is 9.85. The monoisotopic (exact) mass is 367 g/mol. The molecular formula is C16H15F2N3O5. The minimum Gasteiger partial charge on any atom is -0.459 e. The average molecular weight is 367 g/mol. The molecule has 0 saturated carbocycles. The van der Waals surface area contributed by atoms with E-state index in [9.17, 15) is 23.5 Å². The number of nitrogens with two attached hydrogens (primary N) is 1. The lowest BCUT2D eigenvalue weighted by Gasteiger charge is -2.20. The molecule has 10 heteroatoms. The number of carbonyl (C=O) groups excluding carboxylic acids is 1. The zero-order valence-corrected chi connectivity index (χ0v) is 13.3. The van der Waals surface area contributed by atoms with Gasteiger partial charge in [-0.25, -0.2) is 9.59 Å². The third-order valence-electron chi connectivity index (χ3n) is 3.87. The fraction of sp³-hybridized carbons (Fsp3) is 0.312. The summed E-state index contributed by atoms with van der Waals surface area (Å²) in [5.41, 5.74) is 4.50. The number of anilines is 1. The van der Waals surface area contributed by atoms with Gasteiger partial charge in [-0.15, -0.1) is 0 Å². The number of carbonyl (C=O) groups is 1. The number of nitrogen functional groups attached to an aromatic ring is 1. The molecule has 1 aromatic carbocycles. The Hall–Kier alpha value is -2.85. The van der Waals surface area contributed by atoms with E-state index in [-0.39, 0.29) is 11.4 Å². The summed E-state index contributed by atoms with van der Waals surface area (Å²) in [7, 11) is 0. The molecule has 2 aromatic rings. The molecule has 3 N–H and O–H groups in total. The van der Waals surface area contributed by atoms with Crippen molar-refractivity contribution in [3.05, 3.63) is 58.6 Å². The number of hydrogen-bond acceptors (Lipinski definition) is 7. The quantitative estimate of drug-likeness (QED) is 0.759. The predicted octanol–water partition coefficient (Wildman–Crippen LogP) is 0.576. The van der Waals surface area contributed by atoms with Crippen molar-refractivity contribution in [1.29, 1.82) is 0 Å². The zero-order valence-electron chi connectivity index (χ0n) is 13.3. The fourth-order valence-corrected chi connectivity index (χ4v) is 2.53. The van der Waals surface area contributed by atoms with E-state index < -0.39 is 42.6 Å².